The highest BCUT2D eigenvalue weighted by atomic mass is 35.5. The van der Waals surface area contributed by atoms with Gasteiger partial charge in [0, 0.05) is 16.1 Å². The van der Waals surface area contributed by atoms with E-state index in [-0.39, 0.29) is 10.7 Å². The number of hydrogen-bond donors (Lipinski definition) is 0. The molecule has 0 saturated heterocycles. The third-order valence-electron chi connectivity index (χ3n) is 5.79. The average molecular weight is 500 g/mol. The Labute approximate surface area is 209 Å². The lowest BCUT2D eigenvalue weighted by molar-refractivity contribution is 0.513. The van der Waals surface area contributed by atoms with Crippen LogP contribution in [-0.4, -0.2) is 13.4 Å². The summed E-state index contributed by atoms with van der Waals surface area (Å²) in [7, 11) is -3.88. The molecular formula is C29H22ClNO3S. The maximum Gasteiger partial charge on any atom is 0.226 e. The minimum atomic E-state index is -3.88. The number of aryl methyl sites for hydroxylation is 1. The maximum atomic E-state index is 14.1. The van der Waals surface area contributed by atoms with Gasteiger partial charge in [-0.3, -0.25) is 0 Å². The number of hydrogen-bond acceptors (Lipinski definition) is 4. The minimum absolute atomic E-state index is 0.223. The fraction of sp³-hybridized carbons (Fsp3) is 0.0690. The van der Waals surface area contributed by atoms with Crippen LogP contribution in [0.1, 0.15) is 22.1 Å². The van der Waals surface area contributed by atoms with E-state index < -0.39 is 15.1 Å². The van der Waals surface area contributed by atoms with Crippen LogP contribution in [0.2, 0.25) is 5.02 Å². The summed E-state index contributed by atoms with van der Waals surface area (Å²) in [5.41, 5.74) is 3.54. The number of benzene rings is 4. The van der Waals surface area contributed by atoms with E-state index in [9.17, 15) is 8.42 Å². The van der Waals surface area contributed by atoms with Crippen molar-refractivity contribution in [1.29, 1.82) is 0 Å². The summed E-state index contributed by atoms with van der Waals surface area (Å²) in [5, 5.41) is -0.497. The summed E-state index contributed by atoms with van der Waals surface area (Å²) in [4.78, 5) is 5.00. The van der Waals surface area contributed by atoms with Gasteiger partial charge in [-0.2, -0.15) is 0 Å². The molecule has 35 heavy (non-hydrogen) atoms. The lowest BCUT2D eigenvalue weighted by Gasteiger charge is -2.18. The van der Waals surface area contributed by atoms with E-state index in [1.54, 1.807) is 60.7 Å². The molecular weight excluding hydrogens is 478 g/mol. The van der Waals surface area contributed by atoms with Crippen LogP contribution in [0, 0.1) is 6.92 Å². The van der Waals surface area contributed by atoms with Gasteiger partial charge in [-0.15, -0.1) is 0 Å². The van der Waals surface area contributed by atoms with E-state index in [1.165, 1.54) is 0 Å². The molecule has 0 aliphatic heterocycles. The summed E-state index contributed by atoms with van der Waals surface area (Å²) < 4.78 is 34.5. The zero-order valence-electron chi connectivity index (χ0n) is 18.9. The first-order chi connectivity index (χ1) is 16.9. The van der Waals surface area contributed by atoms with Gasteiger partial charge in [0.2, 0.25) is 5.89 Å². The number of rotatable bonds is 6. The van der Waals surface area contributed by atoms with E-state index in [2.05, 4.69) is 0 Å². The second kappa shape index (κ2) is 9.53. The van der Waals surface area contributed by atoms with Crippen LogP contribution in [0.15, 0.2) is 119 Å². The number of halogens is 1. The van der Waals surface area contributed by atoms with Crippen molar-refractivity contribution >= 4 is 21.4 Å². The molecule has 0 saturated carbocycles. The third-order valence-corrected chi connectivity index (χ3v) is 8.08. The van der Waals surface area contributed by atoms with E-state index in [1.807, 2.05) is 55.5 Å². The Bertz CT molecular complexity index is 1540. The number of nitrogens with zero attached hydrogens (tertiary/aromatic N) is 1. The molecule has 0 aliphatic rings. The quantitative estimate of drug-likeness (QED) is 0.242. The van der Waals surface area contributed by atoms with Crippen molar-refractivity contribution in [1.82, 2.24) is 4.98 Å². The molecule has 1 aromatic heterocycles. The summed E-state index contributed by atoms with van der Waals surface area (Å²) in [6.07, 6.45) is 0. The minimum Gasteiger partial charge on any atom is -0.439 e. The molecule has 4 nitrogen and oxygen atoms in total. The third kappa shape index (κ3) is 4.65. The highest BCUT2D eigenvalue weighted by Crippen LogP contribution is 2.42. The normalized spacial score (nSPS) is 12.4. The van der Waals surface area contributed by atoms with Gasteiger partial charge in [0.15, 0.2) is 20.8 Å². The highest BCUT2D eigenvalue weighted by molar-refractivity contribution is 7.91. The Hall–Kier alpha value is -3.67. The molecule has 1 unspecified atom stereocenters. The largest absolute Gasteiger partial charge is 0.439 e. The topological polar surface area (TPSA) is 60.2 Å². The first kappa shape index (κ1) is 23.1. The van der Waals surface area contributed by atoms with Gasteiger partial charge >= 0.3 is 0 Å². The molecule has 1 heterocycles. The molecule has 0 amide bonds. The lowest BCUT2D eigenvalue weighted by Crippen LogP contribution is -2.15. The van der Waals surface area contributed by atoms with Crippen molar-refractivity contribution < 1.29 is 12.8 Å². The molecule has 1 atom stereocenters. The Balaban J connectivity index is 1.77. The predicted octanol–water partition coefficient (Wildman–Crippen LogP) is 7.53. The smallest absolute Gasteiger partial charge is 0.226 e. The van der Waals surface area contributed by atoms with Gasteiger partial charge in [-0.25, -0.2) is 13.4 Å². The van der Waals surface area contributed by atoms with Crippen molar-refractivity contribution in [2.45, 2.75) is 17.1 Å². The summed E-state index contributed by atoms with van der Waals surface area (Å²) in [6.45, 7) is 1.92. The van der Waals surface area contributed by atoms with Crippen LogP contribution in [-0.2, 0) is 9.84 Å². The number of sulfone groups is 1. The molecule has 0 N–H and O–H groups in total. The zero-order valence-corrected chi connectivity index (χ0v) is 20.5. The van der Waals surface area contributed by atoms with Crippen molar-refractivity contribution in [2.24, 2.45) is 0 Å². The molecule has 0 radical (unpaired) electrons. The van der Waals surface area contributed by atoms with E-state index in [4.69, 9.17) is 21.0 Å². The average Bonchev–Trinajstić information content (AvgIpc) is 3.30. The monoisotopic (exact) mass is 499 g/mol. The Kier molecular flexibility index (Phi) is 6.29. The summed E-state index contributed by atoms with van der Waals surface area (Å²) >= 11 is 6.07. The van der Waals surface area contributed by atoms with Crippen LogP contribution < -0.4 is 0 Å². The van der Waals surface area contributed by atoms with Crippen molar-refractivity contribution in [3.05, 3.63) is 131 Å². The van der Waals surface area contributed by atoms with Crippen LogP contribution in [0.25, 0.3) is 22.7 Å². The highest BCUT2D eigenvalue weighted by Gasteiger charge is 2.37. The van der Waals surface area contributed by atoms with Crippen molar-refractivity contribution in [3.63, 3.8) is 0 Å². The van der Waals surface area contributed by atoms with Crippen LogP contribution in [0.3, 0.4) is 0 Å². The van der Waals surface area contributed by atoms with E-state index >= 15 is 0 Å². The molecule has 0 fully saturated rings. The van der Waals surface area contributed by atoms with Gasteiger partial charge in [0.1, 0.15) is 5.69 Å². The maximum absolute atomic E-state index is 14.1. The van der Waals surface area contributed by atoms with Gasteiger partial charge in [0.25, 0.3) is 0 Å². The Morgan fingerprint density at radius 2 is 1.34 bits per heavy atom. The van der Waals surface area contributed by atoms with Crippen molar-refractivity contribution in [2.75, 3.05) is 0 Å². The lowest BCUT2D eigenvalue weighted by atomic mass is 10.0. The second-order valence-corrected chi connectivity index (χ2v) is 10.7. The SMILES string of the molecule is Cc1ccc(S(=O)(=O)C(c2ccccc2)c2oc(-c3ccc(Cl)cc3)nc2-c2ccccc2)cc1. The van der Waals surface area contributed by atoms with E-state index in [0.29, 0.717) is 27.7 Å². The fourth-order valence-corrected chi connectivity index (χ4v) is 5.86. The molecule has 6 heteroatoms. The van der Waals surface area contributed by atoms with Crippen LogP contribution >= 0.6 is 11.6 Å². The number of aromatic nitrogens is 1. The van der Waals surface area contributed by atoms with Gasteiger partial charge in [-0.05, 0) is 48.9 Å². The molecule has 0 aliphatic carbocycles. The summed E-state index contributed by atoms with van der Waals surface area (Å²) in [6, 6.07) is 32.6. The van der Waals surface area contributed by atoms with E-state index in [0.717, 1.165) is 11.1 Å². The Morgan fingerprint density at radius 1 is 0.743 bits per heavy atom. The first-order valence-electron chi connectivity index (χ1n) is 11.1. The van der Waals surface area contributed by atoms with Gasteiger partial charge < -0.3 is 4.42 Å². The molecule has 0 bridgehead atoms. The van der Waals surface area contributed by atoms with Crippen LogP contribution in [0.4, 0.5) is 0 Å². The predicted molar refractivity (Wildman–Crippen MR) is 139 cm³/mol. The second-order valence-electron chi connectivity index (χ2n) is 8.25. The number of oxazole rings is 1. The zero-order chi connectivity index (χ0) is 24.4. The van der Waals surface area contributed by atoms with Gasteiger partial charge in [-0.1, -0.05) is 90.0 Å². The molecule has 174 valence electrons. The fourth-order valence-electron chi connectivity index (χ4n) is 3.99. The van der Waals surface area contributed by atoms with Gasteiger partial charge in [0.05, 0.1) is 4.90 Å². The van der Waals surface area contributed by atoms with Crippen LogP contribution in [0.5, 0.6) is 0 Å². The molecule has 4 aromatic carbocycles. The molecule has 0 spiro atoms. The standard InChI is InChI=1S/C29H22ClNO3S/c1-20-12-18-25(19-13-20)35(32,33)28(22-10-6-3-7-11-22)27-26(21-8-4-2-5-9-21)31-29(34-27)23-14-16-24(30)17-15-23/h2-19,28H,1H3. The molecule has 5 aromatic rings. The summed E-state index contributed by atoms with van der Waals surface area (Å²) in [5.74, 6) is 0.600. The van der Waals surface area contributed by atoms with Crippen molar-refractivity contribution in [3.8, 4) is 22.7 Å². The molecule has 5 rings (SSSR count). The first-order valence-corrected chi connectivity index (χ1v) is 13.0. The Morgan fingerprint density at radius 3 is 1.97 bits per heavy atom.